The van der Waals surface area contributed by atoms with Gasteiger partial charge in [0.2, 0.25) is 5.71 Å². The van der Waals surface area contributed by atoms with Gasteiger partial charge in [-0.3, -0.25) is 4.98 Å². The number of hydrogen-bond donors (Lipinski definition) is 0. The molecule has 0 saturated carbocycles. The van der Waals surface area contributed by atoms with Gasteiger partial charge in [-0.2, -0.15) is 5.26 Å². The van der Waals surface area contributed by atoms with Crippen molar-refractivity contribution in [3.63, 3.8) is 0 Å². The minimum absolute atomic E-state index is 0.490. The molecule has 0 aliphatic heterocycles. The van der Waals surface area contributed by atoms with E-state index in [0.717, 1.165) is 22.0 Å². The summed E-state index contributed by atoms with van der Waals surface area (Å²) < 4.78 is 5.78. The number of nitrogens with zero attached hydrogens (tertiary/aromatic N) is 3. The van der Waals surface area contributed by atoms with Crippen molar-refractivity contribution in [3.8, 4) is 17.3 Å². The lowest BCUT2D eigenvalue weighted by molar-refractivity contribution is 0.653. The zero-order valence-corrected chi connectivity index (χ0v) is 10.9. The number of furan rings is 1. The van der Waals surface area contributed by atoms with E-state index in [1.807, 2.05) is 42.5 Å². The van der Waals surface area contributed by atoms with Gasteiger partial charge in [0.25, 0.3) is 0 Å². The molecular weight excluding hydrogens is 262 g/mol. The molecular formula is C17H9N3O. The molecule has 4 heteroatoms. The fourth-order valence-electron chi connectivity index (χ4n) is 2.52. The van der Waals surface area contributed by atoms with Crippen molar-refractivity contribution in [2.24, 2.45) is 0 Å². The number of nitriles is 1. The summed E-state index contributed by atoms with van der Waals surface area (Å²) in [6.07, 6.45) is 3.39. The molecule has 0 N–H and O–H groups in total. The summed E-state index contributed by atoms with van der Waals surface area (Å²) in [5, 5.41) is 11.4. The smallest absolute Gasteiger partial charge is 0.227 e. The highest BCUT2D eigenvalue weighted by atomic mass is 16.3. The first-order valence-corrected chi connectivity index (χ1v) is 6.50. The Hall–Kier alpha value is -3.19. The molecule has 3 heterocycles. The van der Waals surface area contributed by atoms with Gasteiger partial charge in [0, 0.05) is 28.7 Å². The first kappa shape index (κ1) is 11.6. The third-order valence-electron chi connectivity index (χ3n) is 3.47. The maximum absolute atomic E-state index is 9.54. The molecule has 0 bridgehead atoms. The Labute approximate surface area is 120 Å². The van der Waals surface area contributed by atoms with Crippen LogP contribution in [0, 0.1) is 11.3 Å². The van der Waals surface area contributed by atoms with Gasteiger partial charge in [-0.1, -0.05) is 12.1 Å². The van der Waals surface area contributed by atoms with E-state index in [2.05, 4.69) is 16.0 Å². The summed E-state index contributed by atoms with van der Waals surface area (Å²) in [7, 11) is 0. The average molecular weight is 271 g/mol. The van der Waals surface area contributed by atoms with Crippen LogP contribution in [0.5, 0.6) is 0 Å². The molecule has 3 aromatic heterocycles. The van der Waals surface area contributed by atoms with Crippen LogP contribution in [0.4, 0.5) is 0 Å². The van der Waals surface area contributed by atoms with Gasteiger partial charge >= 0.3 is 0 Å². The number of rotatable bonds is 1. The van der Waals surface area contributed by atoms with Crippen LogP contribution >= 0.6 is 0 Å². The first-order chi connectivity index (χ1) is 10.4. The number of fused-ring (bicyclic) bond motifs is 3. The fraction of sp³-hybridized carbons (Fsp3) is 0. The van der Waals surface area contributed by atoms with E-state index in [1.165, 1.54) is 0 Å². The monoisotopic (exact) mass is 271 g/mol. The van der Waals surface area contributed by atoms with Crippen molar-refractivity contribution in [2.75, 3.05) is 0 Å². The summed E-state index contributed by atoms with van der Waals surface area (Å²) in [6, 6.07) is 15.5. The lowest BCUT2D eigenvalue weighted by atomic mass is 10.0. The van der Waals surface area contributed by atoms with Crippen molar-refractivity contribution >= 4 is 22.1 Å². The number of hydrogen-bond acceptors (Lipinski definition) is 4. The van der Waals surface area contributed by atoms with Gasteiger partial charge in [0.15, 0.2) is 5.58 Å². The zero-order chi connectivity index (χ0) is 14.2. The SMILES string of the molecule is N#Cc1c(-c2ccccn2)ccc2c1oc1ncccc12. The third kappa shape index (κ3) is 1.68. The third-order valence-corrected chi connectivity index (χ3v) is 3.47. The van der Waals surface area contributed by atoms with E-state index in [1.54, 1.807) is 12.4 Å². The van der Waals surface area contributed by atoms with Gasteiger partial charge in [-0.25, -0.2) is 4.98 Å². The number of aromatic nitrogens is 2. The Morgan fingerprint density at radius 3 is 2.62 bits per heavy atom. The number of pyridine rings is 2. The van der Waals surface area contributed by atoms with Gasteiger partial charge in [0.1, 0.15) is 11.6 Å². The highest BCUT2D eigenvalue weighted by molar-refractivity contribution is 6.07. The standard InChI is InChI=1S/C17H9N3O/c18-10-14-11(15-5-1-2-8-19-15)6-7-12-13-4-3-9-20-17(13)21-16(12)14/h1-9H. The minimum Gasteiger partial charge on any atom is -0.436 e. The van der Waals surface area contributed by atoms with Crippen molar-refractivity contribution in [1.82, 2.24) is 9.97 Å². The maximum atomic E-state index is 9.54. The Kier molecular flexibility index (Phi) is 2.45. The molecule has 0 atom stereocenters. The van der Waals surface area contributed by atoms with Crippen LogP contribution in [0.15, 0.2) is 59.3 Å². The number of benzene rings is 1. The van der Waals surface area contributed by atoms with Gasteiger partial charge in [0.05, 0.1) is 5.69 Å². The molecule has 1 aromatic carbocycles. The lowest BCUT2D eigenvalue weighted by Crippen LogP contribution is -1.87. The lowest BCUT2D eigenvalue weighted by Gasteiger charge is -2.03. The summed E-state index contributed by atoms with van der Waals surface area (Å²) in [5.74, 6) is 0. The second-order valence-electron chi connectivity index (χ2n) is 4.65. The quantitative estimate of drug-likeness (QED) is 0.526. The molecule has 0 spiro atoms. The van der Waals surface area contributed by atoms with E-state index in [0.29, 0.717) is 16.9 Å². The second kappa shape index (κ2) is 4.43. The predicted molar refractivity (Wildman–Crippen MR) is 79.5 cm³/mol. The van der Waals surface area contributed by atoms with Crippen molar-refractivity contribution in [1.29, 1.82) is 5.26 Å². The van der Waals surface area contributed by atoms with Crippen LogP contribution in [0.25, 0.3) is 33.3 Å². The average Bonchev–Trinajstić information content (AvgIpc) is 2.93. The maximum Gasteiger partial charge on any atom is 0.227 e. The summed E-state index contributed by atoms with van der Waals surface area (Å²) >= 11 is 0. The molecule has 0 saturated heterocycles. The van der Waals surface area contributed by atoms with Crippen LogP contribution in [-0.4, -0.2) is 9.97 Å². The minimum atomic E-state index is 0.490. The van der Waals surface area contributed by atoms with Crippen LogP contribution in [0.1, 0.15) is 5.56 Å². The van der Waals surface area contributed by atoms with Crippen LogP contribution in [0.3, 0.4) is 0 Å². The normalized spacial score (nSPS) is 10.8. The highest BCUT2D eigenvalue weighted by Gasteiger charge is 2.16. The van der Waals surface area contributed by atoms with Gasteiger partial charge in [-0.05, 0) is 30.3 Å². The predicted octanol–water partition coefficient (Wildman–Crippen LogP) is 3.91. The van der Waals surface area contributed by atoms with E-state index in [4.69, 9.17) is 4.42 Å². The molecule has 0 aliphatic carbocycles. The van der Waals surface area contributed by atoms with Crippen molar-refractivity contribution in [2.45, 2.75) is 0 Å². The van der Waals surface area contributed by atoms with Gasteiger partial charge in [-0.15, -0.1) is 0 Å². The molecule has 0 unspecified atom stereocenters. The summed E-state index contributed by atoms with van der Waals surface area (Å²) in [6.45, 7) is 0. The molecule has 0 aliphatic rings. The molecule has 4 nitrogen and oxygen atoms in total. The highest BCUT2D eigenvalue weighted by Crippen LogP contribution is 2.34. The molecule has 98 valence electrons. The molecule has 4 rings (SSSR count). The second-order valence-corrected chi connectivity index (χ2v) is 4.65. The first-order valence-electron chi connectivity index (χ1n) is 6.50. The molecule has 0 radical (unpaired) electrons. The molecule has 21 heavy (non-hydrogen) atoms. The van der Waals surface area contributed by atoms with Crippen molar-refractivity contribution < 1.29 is 4.42 Å². The Morgan fingerprint density at radius 1 is 0.905 bits per heavy atom. The Balaban J connectivity index is 2.12. The van der Waals surface area contributed by atoms with Crippen LogP contribution < -0.4 is 0 Å². The zero-order valence-electron chi connectivity index (χ0n) is 10.9. The topological polar surface area (TPSA) is 62.7 Å². The molecule has 4 aromatic rings. The van der Waals surface area contributed by atoms with E-state index in [9.17, 15) is 5.26 Å². The summed E-state index contributed by atoms with van der Waals surface area (Å²) in [4.78, 5) is 8.51. The largest absolute Gasteiger partial charge is 0.436 e. The van der Waals surface area contributed by atoms with Gasteiger partial charge < -0.3 is 4.42 Å². The van der Waals surface area contributed by atoms with E-state index in [-0.39, 0.29) is 0 Å². The Bertz CT molecular complexity index is 997. The Morgan fingerprint density at radius 2 is 1.81 bits per heavy atom. The molecule has 0 amide bonds. The van der Waals surface area contributed by atoms with E-state index < -0.39 is 0 Å². The summed E-state index contributed by atoms with van der Waals surface area (Å²) in [5.41, 5.74) is 3.12. The molecule has 0 fully saturated rings. The van der Waals surface area contributed by atoms with Crippen molar-refractivity contribution in [3.05, 3.63) is 60.4 Å². The van der Waals surface area contributed by atoms with E-state index >= 15 is 0 Å². The van der Waals surface area contributed by atoms with Crippen LogP contribution in [0.2, 0.25) is 0 Å². The van der Waals surface area contributed by atoms with Crippen LogP contribution in [-0.2, 0) is 0 Å². The fourth-order valence-corrected chi connectivity index (χ4v) is 2.52.